The molecule has 0 saturated heterocycles. The maximum atomic E-state index is 10.9. The summed E-state index contributed by atoms with van der Waals surface area (Å²) in [5, 5.41) is 11.0. The lowest BCUT2D eigenvalue weighted by molar-refractivity contribution is -0.0431. The van der Waals surface area contributed by atoms with Crippen LogP contribution in [-0.2, 0) is 0 Å². The molecule has 1 saturated carbocycles. The SMILES string of the molecule is NC(=O)N(O)CC1CC1c1cccc(Oc2cc(Cl)cc(Cl)c2)c1. The largest absolute Gasteiger partial charge is 0.457 e. The van der Waals surface area contributed by atoms with E-state index in [0.29, 0.717) is 26.6 Å². The number of ether oxygens (including phenoxy) is 1. The van der Waals surface area contributed by atoms with E-state index in [-0.39, 0.29) is 18.4 Å². The zero-order chi connectivity index (χ0) is 17.3. The number of carbonyl (C=O) groups excluding carboxylic acids is 1. The molecule has 3 N–H and O–H groups in total. The molecule has 2 unspecified atom stereocenters. The van der Waals surface area contributed by atoms with Gasteiger partial charge in [0.2, 0.25) is 0 Å². The number of nitrogens with zero attached hydrogens (tertiary/aromatic N) is 1. The van der Waals surface area contributed by atoms with E-state index in [9.17, 15) is 10.0 Å². The predicted molar refractivity (Wildman–Crippen MR) is 91.9 cm³/mol. The van der Waals surface area contributed by atoms with Crippen molar-refractivity contribution in [2.75, 3.05) is 6.54 Å². The summed E-state index contributed by atoms with van der Waals surface area (Å²) < 4.78 is 5.81. The molecule has 0 spiro atoms. The van der Waals surface area contributed by atoms with Gasteiger partial charge in [0.1, 0.15) is 11.5 Å². The molecule has 126 valence electrons. The van der Waals surface area contributed by atoms with Crippen molar-refractivity contribution in [2.24, 2.45) is 11.7 Å². The number of carbonyl (C=O) groups is 1. The van der Waals surface area contributed by atoms with Crippen molar-refractivity contribution < 1.29 is 14.7 Å². The van der Waals surface area contributed by atoms with Gasteiger partial charge in [-0.2, -0.15) is 0 Å². The summed E-state index contributed by atoms with van der Waals surface area (Å²) in [4.78, 5) is 10.9. The summed E-state index contributed by atoms with van der Waals surface area (Å²) in [6, 6.07) is 11.9. The van der Waals surface area contributed by atoms with Gasteiger partial charge in [0.05, 0.1) is 6.54 Å². The quantitative estimate of drug-likeness (QED) is 0.596. The second-order valence-corrected chi connectivity index (χ2v) is 6.68. The Bertz CT molecular complexity index is 749. The fraction of sp³-hybridized carbons (Fsp3) is 0.235. The van der Waals surface area contributed by atoms with Gasteiger partial charge in [-0.05, 0) is 54.2 Å². The summed E-state index contributed by atoms with van der Waals surface area (Å²) in [5.74, 6) is 1.70. The van der Waals surface area contributed by atoms with Crippen molar-refractivity contribution in [2.45, 2.75) is 12.3 Å². The second-order valence-electron chi connectivity index (χ2n) is 5.80. The predicted octanol–water partition coefficient (Wildman–Crippen LogP) is 4.66. The van der Waals surface area contributed by atoms with Crippen LogP contribution in [0.2, 0.25) is 10.0 Å². The molecular weight excluding hydrogens is 351 g/mol. The number of nitrogens with two attached hydrogens (primary N) is 1. The fourth-order valence-electron chi connectivity index (χ4n) is 2.70. The number of hydroxylamine groups is 2. The van der Waals surface area contributed by atoms with Crippen LogP contribution >= 0.6 is 23.2 Å². The molecule has 2 aromatic carbocycles. The first-order valence-electron chi connectivity index (χ1n) is 7.42. The maximum absolute atomic E-state index is 10.9. The molecule has 1 aliphatic carbocycles. The number of hydrogen-bond acceptors (Lipinski definition) is 3. The third-order valence-corrected chi connectivity index (χ3v) is 4.38. The van der Waals surface area contributed by atoms with Crippen LogP contribution in [0.1, 0.15) is 17.9 Å². The minimum Gasteiger partial charge on any atom is -0.457 e. The van der Waals surface area contributed by atoms with E-state index in [4.69, 9.17) is 33.7 Å². The van der Waals surface area contributed by atoms with Gasteiger partial charge in [-0.3, -0.25) is 5.21 Å². The zero-order valence-electron chi connectivity index (χ0n) is 12.7. The summed E-state index contributed by atoms with van der Waals surface area (Å²) in [6.45, 7) is 0.231. The molecule has 1 fully saturated rings. The summed E-state index contributed by atoms with van der Waals surface area (Å²) >= 11 is 11.9. The van der Waals surface area contributed by atoms with E-state index in [1.165, 1.54) is 0 Å². The van der Waals surface area contributed by atoms with E-state index in [1.54, 1.807) is 18.2 Å². The third kappa shape index (κ3) is 4.12. The van der Waals surface area contributed by atoms with Crippen molar-refractivity contribution in [3.05, 3.63) is 58.1 Å². The number of urea groups is 1. The highest BCUT2D eigenvalue weighted by Crippen LogP contribution is 2.48. The van der Waals surface area contributed by atoms with Crippen LogP contribution in [-0.4, -0.2) is 22.8 Å². The van der Waals surface area contributed by atoms with Gasteiger partial charge in [-0.25, -0.2) is 9.86 Å². The number of halogens is 2. The van der Waals surface area contributed by atoms with Crippen LogP contribution < -0.4 is 10.5 Å². The summed E-state index contributed by atoms with van der Waals surface area (Å²) in [5.41, 5.74) is 6.11. The molecule has 2 atom stereocenters. The molecule has 7 heteroatoms. The van der Waals surface area contributed by atoms with E-state index >= 15 is 0 Å². The smallest absolute Gasteiger partial charge is 0.338 e. The lowest BCUT2D eigenvalue weighted by Crippen LogP contribution is -2.34. The normalized spacial score (nSPS) is 19.0. The number of amides is 2. The molecule has 24 heavy (non-hydrogen) atoms. The molecular formula is C17H16Cl2N2O3. The lowest BCUT2D eigenvalue weighted by atomic mass is 10.1. The molecule has 2 amide bonds. The fourth-order valence-corrected chi connectivity index (χ4v) is 3.21. The van der Waals surface area contributed by atoms with Gasteiger partial charge < -0.3 is 10.5 Å². The van der Waals surface area contributed by atoms with E-state index in [1.807, 2.05) is 24.3 Å². The molecule has 0 radical (unpaired) electrons. The van der Waals surface area contributed by atoms with E-state index in [0.717, 1.165) is 12.0 Å². The maximum Gasteiger partial charge on any atom is 0.338 e. The summed E-state index contributed by atoms with van der Waals surface area (Å²) in [7, 11) is 0. The van der Waals surface area contributed by atoms with Gasteiger partial charge in [0, 0.05) is 10.0 Å². The highest BCUT2D eigenvalue weighted by atomic mass is 35.5. The first-order valence-corrected chi connectivity index (χ1v) is 8.17. The Hall–Kier alpha value is -1.95. The number of hydrogen-bond donors (Lipinski definition) is 2. The van der Waals surface area contributed by atoms with Gasteiger partial charge in [-0.15, -0.1) is 0 Å². The van der Waals surface area contributed by atoms with Crippen LogP contribution in [0.5, 0.6) is 11.5 Å². The minimum atomic E-state index is -0.837. The van der Waals surface area contributed by atoms with Crippen LogP contribution in [0, 0.1) is 5.92 Å². The number of rotatable bonds is 5. The molecule has 0 bridgehead atoms. The van der Waals surface area contributed by atoms with Gasteiger partial charge in [-0.1, -0.05) is 35.3 Å². The Morgan fingerprint density at radius 2 is 1.92 bits per heavy atom. The van der Waals surface area contributed by atoms with Gasteiger partial charge in [0.15, 0.2) is 0 Å². The van der Waals surface area contributed by atoms with E-state index in [2.05, 4.69) is 0 Å². The monoisotopic (exact) mass is 366 g/mol. The van der Waals surface area contributed by atoms with Crippen molar-refractivity contribution in [3.63, 3.8) is 0 Å². The highest BCUT2D eigenvalue weighted by molar-refractivity contribution is 6.34. The van der Waals surface area contributed by atoms with Crippen LogP contribution in [0.15, 0.2) is 42.5 Å². The summed E-state index contributed by atoms with van der Waals surface area (Å²) in [6.07, 6.45) is 0.886. The van der Waals surface area contributed by atoms with Crippen LogP contribution in [0.4, 0.5) is 4.79 Å². The van der Waals surface area contributed by atoms with Crippen molar-refractivity contribution in [1.29, 1.82) is 0 Å². The second kappa shape index (κ2) is 6.89. The van der Waals surface area contributed by atoms with E-state index < -0.39 is 6.03 Å². The van der Waals surface area contributed by atoms with Crippen molar-refractivity contribution in [1.82, 2.24) is 5.06 Å². The minimum absolute atomic E-state index is 0.193. The third-order valence-electron chi connectivity index (χ3n) is 3.94. The van der Waals surface area contributed by atoms with Crippen LogP contribution in [0.3, 0.4) is 0 Å². The standard InChI is InChI=1S/C17H16Cl2N2O3/c18-12-6-13(19)8-15(7-12)24-14-3-1-2-10(4-14)16-5-11(16)9-21(23)17(20)22/h1-4,6-8,11,16,23H,5,9H2,(H2,20,22). The number of primary amides is 1. The molecule has 1 aliphatic rings. The molecule has 2 aromatic rings. The highest BCUT2D eigenvalue weighted by Gasteiger charge is 2.40. The van der Waals surface area contributed by atoms with Crippen molar-refractivity contribution in [3.8, 4) is 11.5 Å². The average Bonchev–Trinajstić information content (AvgIpc) is 3.25. The molecule has 5 nitrogen and oxygen atoms in total. The Morgan fingerprint density at radius 1 is 1.21 bits per heavy atom. The first kappa shape index (κ1) is 16.9. The van der Waals surface area contributed by atoms with Crippen molar-refractivity contribution >= 4 is 29.2 Å². The Kier molecular flexibility index (Phi) is 4.85. The Labute approximate surface area is 149 Å². The van der Waals surface area contributed by atoms with Gasteiger partial charge in [0.25, 0.3) is 0 Å². The lowest BCUT2D eigenvalue weighted by Gasteiger charge is -2.12. The number of benzene rings is 2. The molecule has 0 heterocycles. The Morgan fingerprint density at radius 3 is 2.58 bits per heavy atom. The zero-order valence-corrected chi connectivity index (χ0v) is 14.2. The molecule has 0 aliphatic heterocycles. The molecule has 0 aromatic heterocycles. The Balaban J connectivity index is 1.68. The first-order chi connectivity index (χ1) is 11.4. The van der Waals surface area contributed by atoms with Crippen LogP contribution in [0.25, 0.3) is 0 Å². The average molecular weight is 367 g/mol. The topological polar surface area (TPSA) is 75.8 Å². The van der Waals surface area contributed by atoms with Gasteiger partial charge >= 0.3 is 6.03 Å². The molecule has 3 rings (SSSR count).